The molecule has 3 aliphatic carbocycles. The molecular weight excluding hydrogens is 270 g/mol. The number of rotatable bonds is 6. The lowest BCUT2D eigenvalue weighted by Gasteiger charge is -2.17. The van der Waals surface area contributed by atoms with E-state index in [0.29, 0.717) is 18.5 Å². The van der Waals surface area contributed by atoms with E-state index in [1.54, 1.807) is 11.3 Å². The van der Waals surface area contributed by atoms with Gasteiger partial charge in [-0.15, -0.1) is 11.3 Å². The van der Waals surface area contributed by atoms with Gasteiger partial charge in [0.15, 0.2) is 0 Å². The quantitative estimate of drug-likeness (QED) is 0.846. The summed E-state index contributed by atoms with van der Waals surface area (Å²) in [6.07, 6.45) is 7.73. The molecule has 1 aromatic heterocycles. The van der Waals surface area contributed by atoms with Crippen LogP contribution < -0.4 is 10.6 Å². The number of thiazole rings is 1. The molecule has 0 spiro atoms. The lowest BCUT2D eigenvalue weighted by molar-refractivity contribution is 0.232. The van der Waals surface area contributed by atoms with Crippen molar-refractivity contribution in [3.63, 3.8) is 0 Å². The predicted molar refractivity (Wildman–Crippen MR) is 78.7 cm³/mol. The summed E-state index contributed by atoms with van der Waals surface area (Å²) < 4.78 is 0. The van der Waals surface area contributed by atoms with E-state index in [4.69, 9.17) is 0 Å². The topological polar surface area (TPSA) is 54.0 Å². The van der Waals surface area contributed by atoms with Crippen LogP contribution >= 0.6 is 11.3 Å². The van der Waals surface area contributed by atoms with E-state index < -0.39 is 0 Å². The van der Waals surface area contributed by atoms with Gasteiger partial charge in [0.25, 0.3) is 0 Å². The van der Waals surface area contributed by atoms with Crippen LogP contribution in [-0.2, 0) is 6.54 Å². The van der Waals surface area contributed by atoms with Gasteiger partial charge < -0.3 is 10.6 Å². The summed E-state index contributed by atoms with van der Waals surface area (Å²) >= 11 is 1.73. The van der Waals surface area contributed by atoms with Gasteiger partial charge in [0, 0.05) is 17.3 Å². The van der Waals surface area contributed by atoms with Gasteiger partial charge in [-0.1, -0.05) is 0 Å². The summed E-state index contributed by atoms with van der Waals surface area (Å²) in [6, 6.07) is 0.405. The summed E-state index contributed by atoms with van der Waals surface area (Å²) in [6.45, 7) is 0.553. The largest absolute Gasteiger partial charge is 0.335 e. The number of amides is 2. The van der Waals surface area contributed by atoms with Crippen molar-refractivity contribution in [2.75, 3.05) is 0 Å². The molecule has 3 aliphatic rings. The van der Waals surface area contributed by atoms with Crippen molar-refractivity contribution in [3.05, 3.63) is 16.1 Å². The van der Waals surface area contributed by atoms with Crippen LogP contribution in [0.25, 0.3) is 0 Å². The second-order valence-corrected chi connectivity index (χ2v) is 7.37. The van der Waals surface area contributed by atoms with E-state index in [0.717, 1.165) is 17.5 Å². The maximum absolute atomic E-state index is 12.0. The van der Waals surface area contributed by atoms with Crippen molar-refractivity contribution in [1.82, 2.24) is 15.6 Å². The van der Waals surface area contributed by atoms with Crippen LogP contribution in [0.4, 0.5) is 4.79 Å². The first kappa shape index (κ1) is 12.6. The molecule has 3 fully saturated rings. The van der Waals surface area contributed by atoms with Gasteiger partial charge in [0.2, 0.25) is 0 Å². The number of nitrogens with zero attached hydrogens (tertiary/aromatic N) is 1. The molecule has 0 saturated heterocycles. The maximum atomic E-state index is 12.0. The number of hydrogen-bond acceptors (Lipinski definition) is 3. The molecule has 1 aromatic rings. The zero-order valence-corrected chi connectivity index (χ0v) is 12.4. The van der Waals surface area contributed by atoms with Crippen molar-refractivity contribution >= 4 is 17.4 Å². The van der Waals surface area contributed by atoms with Crippen molar-refractivity contribution in [3.8, 4) is 0 Å². The average molecular weight is 291 g/mol. The molecule has 0 radical (unpaired) electrons. The molecule has 5 heteroatoms. The summed E-state index contributed by atoms with van der Waals surface area (Å²) in [4.78, 5) is 16.6. The van der Waals surface area contributed by atoms with E-state index in [2.05, 4.69) is 21.0 Å². The number of hydrogen-bond donors (Lipinski definition) is 2. The van der Waals surface area contributed by atoms with Crippen LogP contribution in [0.3, 0.4) is 0 Å². The van der Waals surface area contributed by atoms with Crippen LogP contribution in [0.1, 0.15) is 55.1 Å². The van der Waals surface area contributed by atoms with Crippen LogP contribution in [0.15, 0.2) is 5.38 Å². The minimum absolute atomic E-state index is 0.0187. The zero-order chi connectivity index (χ0) is 13.5. The van der Waals surface area contributed by atoms with Gasteiger partial charge in [-0.2, -0.15) is 0 Å². The fourth-order valence-electron chi connectivity index (χ4n) is 2.83. The molecule has 20 heavy (non-hydrogen) atoms. The highest BCUT2D eigenvalue weighted by Gasteiger charge is 2.42. The van der Waals surface area contributed by atoms with Crippen LogP contribution in [0.2, 0.25) is 0 Å². The van der Waals surface area contributed by atoms with Crippen molar-refractivity contribution in [2.24, 2.45) is 11.8 Å². The normalized spacial score (nSPS) is 22.1. The van der Waals surface area contributed by atoms with Gasteiger partial charge in [-0.05, 0) is 50.4 Å². The highest BCUT2D eigenvalue weighted by Crippen LogP contribution is 2.44. The van der Waals surface area contributed by atoms with Crippen LogP contribution in [0, 0.1) is 11.8 Å². The Bertz CT molecular complexity index is 491. The third kappa shape index (κ3) is 2.97. The summed E-state index contributed by atoms with van der Waals surface area (Å²) in [7, 11) is 0. The molecule has 2 N–H and O–H groups in total. The van der Waals surface area contributed by atoms with E-state index in [-0.39, 0.29) is 6.03 Å². The first-order valence-electron chi connectivity index (χ1n) is 7.78. The second kappa shape index (κ2) is 5.02. The van der Waals surface area contributed by atoms with E-state index in [1.165, 1.54) is 43.5 Å². The molecule has 4 nitrogen and oxygen atoms in total. The lowest BCUT2D eigenvalue weighted by Crippen LogP contribution is -2.44. The minimum atomic E-state index is -0.0187. The van der Waals surface area contributed by atoms with Gasteiger partial charge >= 0.3 is 6.03 Å². The average Bonchev–Trinajstić information content (AvgIpc) is 3.31. The summed E-state index contributed by atoms with van der Waals surface area (Å²) in [5.41, 5.74) is 1.00. The molecule has 0 aromatic carbocycles. The second-order valence-electron chi connectivity index (χ2n) is 6.48. The van der Waals surface area contributed by atoms with Crippen LogP contribution in [-0.4, -0.2) is 17.1 Å². The first-order chi connectivity index (χ1) is 9.79. The fraction of sp³-hybridized carbons (Fsp3) is 0.733. The van der Waals surface area contributed by atoms with Crippen molar-refractivity contribution < 1.29 is 4.79 Å². The SMILES string of the molecule is O=C(NCc1csc(C2CC2)n1)NC(C1CC1)C1CC1. The Morgan fingerprint density at radius 1 is 1.25 bits per heavy atom. The monoisotopic (exact) mass is 291 g/mol. The van der Waals surface area contributed by atoms with E-state index in [9.17, 15) is 4.79 Å². The number of urea groups is 1. The standard InChI is InChI=1S/C15H21N3OS/c19-15(18-13(9-1-2-9)10-3-4-10)16-7-12-8-20-14(17-12)11-5-6-11/h8-11,13H,1-7H2,(H2,16,18,19). The van der Waals surface area contributed by atoms with E-state index >= 15 is 0 Å². The first-order valence-corrected chi connectivity index (χ1v) is 8.66. The molecule has 0 aliphatic heterocycles. The Morgan fingerprint density at radius 2 is 1.95 bits per heavy atom. The molecule has 0 atom stereocenters. The van der Waals surface area contributed by atoms with Gasteiger partial charge in [-0.3, -0.25) is 0 Å². The molecule has 4 rings (SSSR count). The molecule has 1 heterocycles. The molecule has 0 bridgehead atoms. The molecular formula is C15H21N3OS. The highest BCUT2D eigenvalue weighted by atomic mass is 32.1. The number of nitrogens with one attached hydrogen (secondary N) is 2. The van der Waals surface area contributed by atoms with E-state index in [1.807, 2.05) is 0 Å². The third-order valence-electron chi connectivity index (χ3n) is 4.48. The summed E-state index contributed by atoms with van der Waals surface area (Å²) in [5, 5.41) is 9.46. The zero-order valence-electron chi connectivity index (χ0n) is 11.6. The van der Waals surface area contributed by atoms with Gasteiger partial charge in [-0.25, -0.2) is 9.78 Å². The smallest absolute Gasteiger partial charge is 0.315 e. The van der Waals surface area contributed by atoms with Crippen LogP contribution in [0.5, 0.6) is 0 Å². The number of aromatic nitrogens is 1. The minimum Gasteiger partial charge on any atom is -0.335 e. The predicted octanol–water partition coefficient (Wildman–Crippen LogP) is 3.01. The summed E-state index contributed by atoms with van der Waals surface area (Å²) in [5.74, 6) is 2.19. The number of carbonyl (C=O) groups excluding carboxylic acids is 1. The number of carbonyl (C=O) groups is 1. The fourth-order valence-corrected chi connectivity index (χ4v) is 3.82. The lowest BCUT2D eigenvalue weighted by atomic mass is 10.1. The molecule has 108 valence electrons. The Hall–Kier alpha value is -1.10. The molecule has 3 saturated carbocycles. The van der Waals surface area contributed by atoms with Crippen molar-refractivity contribution in [1.29, 1.82) is 0 Å². The Labute approximate surface area is 123 Å². The van der Waals surface area contributed by atoms with Gasteiger partial charge in [0.1, 0.15) is 0 Å². The highest BCUT2D eigenvalue weighted by molar-refractivity contribution is 7.09. The van der Waals surface area contributed by atoms with Crippen molar-refractivity contribution in [2.45, 2.75) is 57.0 Å². The Kier molecular flexibility index (Phi) is 3.17. The Morgan fingerprint density at radius 3 is 2.55 bits per heavy atom. The third-order valence-corrected chi connectivity index (χ3v) is 5.54. The molecule has 0 unspecified atom stereocenters. The Balaban J connectivity index is 1.26. The molecule has 2 amide bonds. The van der Waals surface area contributed by atoms with Gasteiger partial charge in [0.05, 0.1) is 17.2 Å². The maximum Gasteiger partial charge on any atom is 0.315 e.